The molecule has 0 unspecified atom stereocenters. The van der Waals surface area contributed by atoms with Gasteiger partial charge in [-0.05, 0) is 36.2 Å². The minimum atomic E-state index is -0.587. The van der Waals surface area contributed by atoms with Crippen LogP contribution >= 0.6 is 11.6 Å². The van der Waals surface area contributed by atoms with E-state index in [0.717, 1.165) is 17.7 Å². The van der Waals surface area contributed by atoms with Gasteiger partial charge in [0.25, 0.3) is 5.91 Å². The summed E-state index contributed by atoms with van der Waals surface area (Å²) in [6.07, 6.45) is 0.867. The minimum Gasteiger partial charge on any atom is -0.455 e. The minimum absolute atomic E-state index is 0.0762. The van der Waals surface area contributed by atoms with Gasteiger partial charge in [0, 0.05) is 29.4 Å². The molecular weight excluding hydrogens is 380 g/mol. The average Bonchev–Trinajstić information content (AvgIpc) is 3.07. The topological polar surface area (TPSA) is 75.7 Å². The van der Waals surface area contributed by atoms with E-state index in [-0.39, 0.29) is 18.9 Å². The van der Waals surface area contributed by atoms with Crippen molar-refractivity contribution in [2.75, 3.05) is 23.4 Å². The molecule has 3 rings (SSSR count). The Morgan fingerprint density at radius 1 is 1.21 bits per heavy atom. The van der Waals surface area contributed by atoms with Gasteiger partial charge in [-0.1, -0.05) is 42.8 Å². The van der Waals surface area contributed by atoms with Gasteiger partial charge in [0.15, 0.2) is 6.61 Å². The molecule has 1 aliphatic heterocycles. The Bertz CT molecular complexity index is 899. The van der Waals surface area contributed by atoms with Gasteiger partial charge >= 0.3 is 5.97 Å². The Morgan fingerprint density at radius 3 is 2.75 bits per heavy atom. The van der Waals surface area contributed by atoms with Gasteiger partial charge in [0.1, 0.15) is 0 Å². The number of carbonyl (C=O) groups excluding carboxylic acids is 3. The fraction of sp³-hybridized carbons (Fsp3) is 0.286. The predicted octanol–water partition coefficient (Wildman–Crippen LogP) is 3.44. The van der Waals surface area contributed by atoms with Gasteiger partial charge in [-0.25, -0.2) is 0 Å². The lowest BCUT2D eigenvalue weighted by molar-refractivity contribution is -0.151. The van der Waals surface area contributed by atoms with Crippen molar-refractivity contribution in [3.05, 3.63) is 59.1 Å². The number of benzene rings is 2. The number of para-hydroxylation sites is 1. The van der Waals surface area contributed by atoms with Crippen molar-refractivity contribution in [1.29, 1.82) is 0 Å². The second-order valence-corrected chi connectivity index (χ2v) is 6.99. The van der Waals surface area contributed by atoms with Crippen LogP contribution in [0.4, 0.5) is 11.4 Å². The molecule has 1 fully saturated rings. The molecule has 7 heteroatoms. The zero-order chi connectivity index (χ0) is 20.1. The molecule has 0 spiro atoms. The highest BCUT2D eigenvalue weighted by molar-refractivity contribution is 6.30. The zero-order valence-corrected chi connectivity index (χ0v) is 16.2. The molecule has 1 heterocycles. The van der Waals surface area contributed by atoms with E-state index in [2.05, 4.69) is 5.32 Å². The molecule has 0 saturated carbocycles. The van der Waals surface area contributed by atoms with Crippen LogP contribution in [0.25, 0.3) is 0 Å². The third-order valence-corrected chi connectivity index (χ3v) is 4.81. The fourth-order valence-corrected chi connectivity index (χ4v) is 3.38. The number of halogens is 1. The Hall–Kier alpha value is -2.86. The second-order valence-electron chi connectivity index (χ2n) is 6.55. The first-order valence-corrected chi connectivity index (χ1v) is 9.46. The summed E-state index contributed by atoms with van der Waals surface area (Å²) in [5.41, 5.74) is 2.39. The number of aryl methyl sites for hydroxylation is 1. The van der Waals surface area contributed by atoms with Crippen molar-refractivity contribution in [2.45, 2.75) is 19.8 Å². The monoisotopic (exact) mass is 400 g/mol. The third kappa shape index (κ3) is 4.70. The highest BCUT2D eigenvalue weighted by atomic mass is 35.5. The highest BCUT2D eigenvalue weighted by Gasteiger charge is 2.36. The Morgan fingerprint density at radius 2 is 2.00 bits per heavy atom. The first-order chi connectivity index (χ1) is 13.5. The normalized spacial score (nSPS) is 16.1. The van der Waals surface area contributed by atoms with E-state index in [1.165, 1.54) is 0 Å². The summed E-state index contributed by atoms with van der Waals surface area (Å²) in [5.74, 6) is -1.72. The molecule has 1 atom stereocenters. The van der Waals surface area contributed by atoms with Crippen LogP contribution in [0.5, 0.6) is 0 Å². The van der Waals surface area contributed by atoms with Crippen LogP contribution in [-0.2, 0) is 25.5 Å². The number of rotatable bonds is 6. The van der Waals surface area contributed by atoms with E-state index < -0.39 is 24.4 Å². The maximum atomic E-state index is 12.4. The van der Waals surface area contributed by atoms with Crippen LogP contribution in [0.15, 0.2) is 48.5 Å². The van der Waals surface area contributed by atoms with E-state index in [1.807, 2.05) is 31.2 Å². The Labute approximate surface area is 168 Å². The van der Waals surface area contributed by atoms with E-state index in [0.29, 0.717) is 10.7 Å². The summed E-state index contributed by atoms with van der Waals surface area (Å²) in [6, 6.07) is 14.3. The number of anilines is 2. The highest BCUT2D eigenvalue weighted by Crippen LogP contribution is 2.29. The van der Waals surface area contributed by atoms with E-state index in [4.69, 9.17) is 16.3 Å². The van der Waals surface area contributed by atoms with Crippen LogP contribution in [0.3, 0.4) is 0 Å². The summed E-state index contributed by atoms with van der Waals surface area (Å²) in [6.45, 7) is 1.86. The maximum absolute atomic E-state index is 12.4. The standard InChI is InChI=1S/C21H21ClN2O4/c1-2-14-6-3-4-9-18(14)24-12-15(10-20(24)26)21(27)28-13-19(25)23-17-8-5-7-16(22)11-17/h3-9,11,15H,2,10,12-13H2,1H3,(H,23,25)/t15-/m1/s1. The molecule has 2 aromatic carbocycles. The number of nitrogens with zero attached hydrogens (tertiary/aromatic N) is 1. The molecule has 0 radical (unpaired) electrons. The summed E-state index contributed by atoms with van der Waals surface area (Å²) in [4.78, 5) is 38.3. The molecule has 1 saturated heterocycles. The number of hydrogen-bond acceptors (Lipinski definition) is 4. The van der Waals surface area contributed by atoms with Gasteiger partial charge in [-0.15, -0.1) is 0 Å². The fourth-order valence-electron chi connectivity index (χ4n) is 3.19. The van der Waals surface area contributed by atoms with Crippen molar-refractivity contribution in [3.63, 3.8) is 0 Å². The lowest BCUT2D eigenvalue weighted by Crippen LogP contribution is -2.28. The predicted molar refractivity (Wildman–Crippen MR) is 107 cm³/mol. The van der Waals surface area contributed by atoms with Crippen LogP contribution in [0.2, 0.25) is 5.02 Å². The van der Waals surface area contributed by atoms with Crippen LogP contribution in [0, 0.1) is 5.92 Å². The second kappa shape index (κ2) is 8.89. The first-order valence-electron chi connectivity index (χ1n) is 9.08. The van der Waals surface area contributed by atoms with Crippen LogP contribution in [-0.4, -0.2) is 30.9 Å². The molecule has 6 nitrogen and oxygen atoms in total. The molecule has 2 aromatic rings. The van der Waals surface area contributed by atoms with Gasteiger partial charge in [-0.2, -0.15) is 0 Å². The number of carbonyl (C=O) groups is 3. The Balaban J connectivity index is 1.55. The van der Waals surface area contributed by atoms with Gasteiger partial charge in [0.2, 0.25) is 5.91 Å². The van der Waals surface area contributed by atoms with Crippen molar-refractivity contribution in [2.24, 2.45) is 5.92 Å². The SMILES string of the molecule is CCc1ccccc1N1C[C@H](C(=O)OCC(=O)Nc2cccc(Cl)c2)CC1=O. The number of nitrogens with one attached hydrogen (secondary N) is 1. The van der Waals surface area contributed by atoms with Gasteiger partial charge in [0.05, 0.1) is 5.92 Å². The number of amides is 2. The molecule has 1 N–H and O–H groups in total. The smallest absolute Gasteiger partial charge is 0.311 e. The average molecular weight is 401 g/mol. The third-order valence-electron chi connectivity index (χ3n) is 4.58. The molecule has 0 aromatic heterocycles. The molecule has 0 bridgehead atoms. The Kier molecular flexibility index (Phi) is 6.31. The van der Waals surface area contributed by atoms with E-state index in [1.54, 1.807) is 29.2 Å². The lowest BCUT2D eigenvalue weighted by atomic mass is 10.1. The number of ether oxygens (including phenoxy) is 1. The van der Waals surface area contributed by atoms with E-state index in [9.17, 15) is 14.4 Å². The molecule has 146 valence electrons. The maximum Gasteiger partial charge on any atom is 0.311 e. The molecule has 2 amide bonds. The summed E-state index contributed by atoms with van der Waals surface area (Å²) < 4.78 is 5.12. The molecule has 0 aliphatic carbocycles. The van der Waals surface area contributed by atoms with Crippen molar-refractivity contribution >= 4 is 40.8 Å². The molecular formula is C21H21ClN2O4. The van der Waals surface area contributed by atoms with E-state index >= 15 is 0 Å². The van der Waals surface area contributed by atoms with Gasteiger partial charge < -0.3 is 15.0 Å². The van der Waals surface area contributed by atoms with Crippen molar-refractivity contribution in [3.8, 4) is 0 Å². The van der Waals surface area contributed by atoms with Gasteiger partial charge in [-0.3, -0.25) is 14.4 Å². The number of esters is 1. The lowest BCUT2D eigenvalue weighted by Gasteiger charge is -2.19. The largest absolute Gasteiger partial charge is 0.455 e. The first kappa shape index (κ1) is 19.9. The van der Waals surface area contributed by atoms with Crippen LogP contribution < -0.4 is 10.2 Å². The van der Waals surface area contributed by atoms with Crippen molar-refractivity contribution < 1.29 is 19.1 Å². The summed E-state index contributed by atoms with van der Waals surface area (Å²) in [5, 5.41) is 3.10. The zero-order valence-electron chi connectivity index (χ0n) is 15.5. The van der Waals surface area contributed by atoms with Crippen molar-refractivity contribution in [1.82, 2.24) is 0 Å². The van der Waals surface area contributed by atoms with Crippen LogP contribution in [0.1, 0.15) is 18.9 Å². The quantitative estimate of drug-likeness (QED) is 0.753. The number of hydrogen-bond donors (Lipinski definition) is 1. The summed E-state index contributed by atoms with van der Waals surface area (Å²) in [7, 11) is 0. The molecule has 1 aliphatic rings. The summed E-state index contributed by atoms with van der Waals surface area (Å²) >= 11 is 5.87. The molecule has 28 heavy (non-hydrogen) atoms.